The van der Waals surface area contributed by atoms with Gasteiger partial charge in [0.25, 0.3) is 0 Å². The number of hydrogen-bond donors (Lipinski definition) is 1. The molecule has 3 heteroatoms. The largest absolute Gasteiger partial charge is 0.468 e. The Kier molecular flexibility index (Phi) is 7.17. The summed E-state index contributed by atoms with van der Waals surface area (Å²) in [7, 11) is 2.14. The first-order valence-electron chi connectivity index (χ1n) is 7.56. The molecule has 0 saturated carbocycles. The minimum atomic E-state index is 0.0685. The van der Waals surface area contributed by atoms with E-state index in [0.29, 0.717) is 6.54 Å². The van der Waals surface area contributed by atoms with Crippen LogP contribution in [-0.4, -0.2) is 24.0 Å². The fourth-order valence-corrected chi connectivity index (χ4v) is 2.39. The van der Waals surface area contributed by atoms with Gasteiger partial charge in [0.15, 0.2) is 0 Å². The molecule has 0 aliphatic rings. The number of unbranched alkanes of at least 4 members (excludes halogenated alkanes) is 4. The Morgan fingerprint density at radius 1 is 1.26 bits per heavy atom. The van der Waals surface area contributed by atoms with E-state index in [1.54, 1.807) is 6.26 Å². The zero-order valence-corrected chi connectivity index (χ0v) is 12.8. The lowest BCUT2D eigenvalue weighted by Crippen LogP contribution is -2.49. The highest BCUT2D eigenvalue weighted by Gasteiger charge is 2.27. The summed E-state index contributed by atoms with van der Waals surface area (Å²) in [5.41, 5.74) is 6.07. The Balaban J connectivity index is 2.39. The SMILES string of the molecule is CCCCCCCC(C)(CN)N(C)Cc1ccco1. The number of hydrogen-bond acceptors (Lipinski definition) is 3. The second-order valence-corrected chi connectivity index (χ2v) is 5.80. The lowest BCUT2D eigenvalue weighted by atomic mass is 9.92. The van der Waals surface area contributed by atoms with Crippen molar-refractivity contribution in [3.8, 4) is 0 Å². The molecule has 1 aromatic heterocycles. The van der Waals surface area contributed by atoms with Crippen molar-refractivity contribution >= 4 is 0 Å². The van der Waals surface area contributed by atoms with Gasteiger partial charge < -0.3 is 10.2 Å². The average Bonchev–Trinajstić information content (AvgIpc) is 2.91. The normalized spacial score (nSPS) is 14.8. The van der Waals surface area contributed by atoms with Gasteiger partial charge in [-0.15, -0.1) is 0 Å². The van der Waals surface area contributed by atoms with Gasteiger partial charge in [0.1, 0.15) is 5.76 Å². The molecule has 110 valence electrons. The van der Waals surface area contributed by atoms with Gasteiger partial charge in [0, 0.05) is 12.1 Å². The van der Waals surface area contributed by atoms with Gasteiger partial charge in [-0.3, -0.25) is 4.90 Å². The maximum atomic E-state index is 6.01. The number of nitrogens with two attached hydrogens (primary N) is 1. The highest BCUT2D eigenvalue weighted by molar-refractivity contribution is 4.99. The predicted molar refractivity (Wildman–Crippen MR) is 81.0 cm³/mol. The van der Waals surface area contributed by atoms with Crippen molar-refractivity contribution in [1.82, 2.24) is 4.90 Å². The first-order chi connectivity index (χ1) is 9.12. The summed E-state index contributed by atoms with van der Waals surface area (Å²) in [4.78, 5) is 2.33. The van der Waals surface area contributed by atoms with Crippen LogP contribution in [0.5, 0.6) is 0 Å². The molecule has 0 aliphatic heterocycles. The van der Waals surface area contributed by atoms with Gasteiger partial charge in [-0.1, -0.05) is 39.0 Å². The van der Waals surface area contributed by atoms with E-state index in [4.69, 9.17) is 10.2 Å². The second-order valence-electron chi connectivity index (χ2n) is 5.80. The van der Waals surface area contributed by atoms with Crippen LogP contribution in [0, 0.1) is 0 Å². The Hall–Kier alpha value is -0.800. The zero-order valence-electron chi connectivity index (χ0n) is 12.8. The molecule has 0 aromatic carbocycles. The molecule has 0 aliphatic carbocycles. The van der Waals surface area contributed by atoms with Crippen LogP contribution < -0.4 is 5.73 Å². The van der Waals surface area contributed by atoms with E-state index in [0.717, 1.165) is 18.7 Å². The molecule has 1 unspecified atom stereocenters. The lowest BCUT2D eigenvalue weighted by Gasteiger charge is -2.37. The van der Waals surface area contributed by atoms with Gasteiger partial charge in [-0.2, -0.15) is 0 Å². The number of likely N-dealkylation sites (N-methyl/N-ethyl adjacent to an activating group) is 1. The first kappa shape index (κ1) is 16.3. The van der Waals surface area contributed by atoms with E-state index in [1.807, 2.05) is 12.1 Å². The summed E-state index contributed by atoms with van der Waals surface area (Å²) >= 11 is 0. The van der Waals surface area contributed by atoms with Crippen molar-refractivity contribution in [2.24, 2.45) is 5.73 Å². The molecule has 1 atom stereocenters. The number of rotatable bonds is 10. The number of furan rings is 1. The van der Waals surface area contributed by atoms with E-state index >= 15 is 0 Å². The van der Waals surface area contributed by atoms with Crippen LogP contribution >= 0.6 is 0 Å². The molecule has 0 bridgehead atoms. The monoisotopic (exact) mass is 266 g/mol. The fourth-order valence-electron chi connectivity index (χ4n) is 2.39. The maximum absolute atomic E-state index is 6.01. The smallest absolute Gasteiger partial charge is 0.117 e. The standard InChI is InChI=1S/C16H30N2O/c1-4-5-6-7-8-11-16(2,14-17)18(3)13-15-10-9-12-19-15/h9-10,12H,4-8,11,13-14,17H2,1-3H3. The molecular weight excluding hydrogens is 236 g/mol. The van der Waals surface area contributed by atoms with Crippen LogP contribution in [0.4, 0.5) is 0 Å². The molecular formula is C16H30N2O. The van der Waals surface area contributed by atoms with Crippen LogP contribution in [0.2, 0.25) is 0 Å². The average molecular weight is 266 g/mol. The molecule has 1 rings (SSSR count). The summed E-state index contributed by atoms with van der Waals surface area (Å²) in [6.07, 6.45) is 9.46. The minimum Gasteiger partial charge on any atom is -0.468 e. The van der Waals surface area contributed by atoms with E-state index in [2.05, 4.69) is 25.8 Å². The highest BCUT2D eigenvalue weighted by Crippen LogP contribution is 2.22. The van der Waals surface area contributed by atoms with Crippen LogP contribution in [0.15, 0.2) is 22.8 Å². The Labute approximate surface area is 118 Å². The quantitative estimate of drug-likeness (QED) is 0.655. The predicted octanol–water partition coefficient (Wildman–Crippen LogP) is 3.79. The van der Waals surface area contributed by atoms with Crippen molar-refractivity contribution in [1.29, 1.82) is 0 Å². The zero-order chi connectivity index (χ0) is 14.1. The van der Waals surface area contributed by atoms with Crippen LogP contribution in [0.25, 0.3) is 0 Å². The summed E-state index contributed by atoms with van der Waals surface area (Å²) in [5, 5.41) is 0. The molecule has 3 nitrogen and oxygen atoms in total. The molecule has 0 amide bonds. The molecule has 0 saturated heterocycles. The molecule has 1 aromatic rings. The third-order valence-electron chi connectivity index (χ3n) is 4.15. The molecule has 19 heavy (non-hydrogen) atoms. The highest BCUT2D eigenvalue weighted by atomic mass is 16.3. The second kappa shape index (κ2) is 8.39. The van der Waals surface area contributed by atoms with Gasteiger partial charge in [0.05, 0.1) is 12.8 Å². The van der Waals surface area contributed by atoms with Crippen molar-refractivity contribution in [3.05, 3.63) is 24.2 Å². The van der Waals surface area contributed by atoms with Gasteiger partial charge >= 0.3 is 0 Å². The first-order valence-corrected chi connectivity index (χ1v) is 7.56. The van der Waals surface area contributed by atoms with Gasteiger partial charge in [-0.25, -0.2) is 0 Å². The third kappa shape index (κ3) is 5.37. The molecule has 1 heterocycles. The number of nitrogens with zero attached hydrogens (tertiary/aromatic N) is 1. The topological polar surface area (TPSA) is 42.4 Å². The lowest BCUT2D eigenvalue weighted by molar-refractivity contribution is 0.114. The van der Waals surface area contributed by atoms with E-state index in [1.165, 1.54) is 32.1 Å². The molecule has 0 radical (unpaired) electrons. The van der Waals surface area contributed by atoms with Crippen molar-refractivity contribution in [2.45, 2.75) is 64.5 Å². The maximum Gasteiger partial charge on any atom is 0.117 e. The van der Waals surface area contributed by atoms with Crippen LogP contribution in [0.1, 0.15) is 58.1 Å². The third-order valence-corrected chi connectivity index (χ3v) is 4.15. The van der Waals surface area contributed by atoms with E-state index in [-0.39, 0.29) is 5.54 Å². The van der Waals surface area contributed by atoms with Crippen molar-refractivity contribution in [2.75, 3.05) is 13.6 Å². The van der Waals surface area contributed by atoms with Crippen LogP contribution in [0.3, 0.4) is 0 Å². The Morgan fingerprint density at radius 3 is 2.58 bits per heavy atom. The fraction of sp³-hybridized carbons (Fsp3) is 0.750. The van der Waals surface area contributed by atoms with Crippen molar-refractivity contribution < 1.29 is 4.42 Å². The van der Waals surface area contributed by atoms with Gasteiger partial charge in [0.2, 0.25) is 0 Å². The minimum absolute atomic E-state index is 0.0685. The molecule has 2 N–H and O–H groups in total. The van der Waals surface area contributed by atoms with E-state index < -0.39 is 0 Å². The summed E-state index contributed by atoms with van der Waals surface area (Å²) in [6, 6.07) is 3.96. The van der Waals surface area contributed by atoms with Crippen molar-refractivity contribution in [3.63, 3.8) is 0 Å². The van der Waals surface area contributed by atoms with E-state index in [9.17, 15) is 0 Å². The Morgan fingerprint density at radius 2 is 2.00 bits per heavy atom. The van der Waals surface area contributed by atoms with Gasteiger partial charge in [-0.05, 0) is 32.5 Å². The summed E-state index contributed by atoms with van der Waals surface area (Å²) in [5.74, 6) is 1.01. The molecule has 0 fully saturated rings. The summed E-state index contributed by atoms with van der Waals surface area (Å²) < 4.78 is 5.42. The molecule has 0 spiro atoms. The Bertz CT molecular complexity index is 323. The summed E-state index contributed by atoms with van der Waals surface area (Å²) in [6.45, 7) is 6.03. The van der Waals surface area contributed by atoms with Crippen LogP contribution in [-0.2, 0) is 6.54 Å².